The molecular formula is C17H22BrNO3. The Morgan fingerprint density at radius 3 is 2.82 bits per heavy atom. The van der Waals surface area contributed by atoms with Crippen LogP contribution in [-0.2, 0) is 9.53 Å². The fourth-order valence-electron chi connectivity index (χ4n) is 2.86. The van der Waals surface area contributed by atoms with Gasteiger partial charge in [-0.1, -0.05) is 48.7 Å². The first-order valence-corrected chi connectivity index (χ1v) is 8.48. The molecule has 22 heavy (non-hydrogen) atoms. The number of hydrogen-bond donors (Lipinski definition) is 1. The Morgan fingerprint density at radius 2 is 2.09 bits per heavy atom. The van der Waals surface area contributed by atoms with Gasteiger partial charge in [-0.25, -0.2) is 4.79 Å². The monoisotopic (exact) mass is 367 g/mol. The molecule has 1 aliphatic rings. The summed E-state index contributed by atoms with van der Waals surface area (Å²) in [5, 5.41) is 2.99. The number of amides is 1. The topological polar surface area (TPSA) is 55.4 Å². The molecule has 120 valence electrons. The minimum atomic E-state index is -0.485. The molecule has 0 radical (unpaired) electrons. The Kier molecular flexibility index (Phi) is 6.00. The van der Waals surface area contributed by atoms with Crippen LogP contribution in [0.4, 0.5) is 0 Å². The highest BCUT2D eigenvalue weighted by Crippen LogP contribution is 2.29. The normalized spacial score (nSPS) is 24.6. The van der Waals surface area contributed by atoms with Gasteiger partial charge in [0.25, 0.3) is 5.91 Å². The minimum absolute atomic E-state index is 0.181. The molecule has 0 heterocycles. The second-order valence-electron chi connectivity index (χ2n) is 6.03. The van der Waals surface area contributed by atoms with Gasteiger partial charge < -0.3 is 10.1 Å². The number of rotatable bonds is 4. The molecule has 1 aromatic carbocycles. The van der Waals surface area contributed by atoms with Crippen LogP contribution in [0.5, 0.6) is 0 Å². The number of nitrogens with one attached hydrogen (secondary N) is 1. The zero-order chi connectivity index (χ0) is 16.1. The summed E-state index contributed by atoms with van der Waals surface area (Å²) in [6.45, 7) is 4.15. The van der Waals surface area contributed by atoms with Crippen molar-refractivity contribution in [3.8, 4) is 0 Å². The Morgan fingerprint density at radius 1 is 1.32 bits per heavy atom. The summed E-state index contributed by atoms with van der Waals surface area (Å²) in [5.74, 6) is 0.359. The molecule has 1 amide bonds. The van der Waals surface area contributed by atoms with Gasteiger partial charge in [0.2, 0.25) is 0 Å². The van der Waals surface area contributed by atoms with Crippen molar-refractivity contribution < 1.29 is 14.3 Å². The van der Waals surface area contributed by atoms with Gasteiger partial charge in [-0.2, -0.15) is 0 Å². The van der Waals surface area contributed by atoms with Gasteiger partial charge in [-0.3, -0.25) is 4.79 Å². The highest BCUT2D eigenvalue weighted by Gasteiger charge is 2.28. The van der Waals surface area contributed by atoms with Crippen LogP contribution in [0.2, 0.25) is 0 Å². The predicted octanol–water partition coefficient (Wildman–Crippen LogP) is 3.55. The van der Waals surface area contributed by atoms with Crippen LogP contribution in [0.25, 0.3) is 0 Å². The standard InChI is InChI=1S/C17H22BrNO3/c1-11-5-3-8-15(12(11)2)19-16(20)10-22-17(21)13-6-4-7-14(18)9-13/h4,6-7,9,11-12,15H,3,5,8,10H2,1-2H3,(H,19,20)/t11-,12-,15-/m1/s1. The number of hydrogen-bond acceptors (Lipinski definition) is 3. The predicted molar refractivity (Wildman–Crippen MR) is 88.5 cm³/mol. The van der Waals surface area contributed by atoms with E-state index in [2.05, 4.69) is 35.1 Å². The quantitative estimate of drug-likeness (QED) is 0.827. The van der Waals surface area contributed by atoms with E-state index < -0.39 is 5.97 Å². The maximum Gasteiger partial charge on any atom is 0.338 e. The molecule has 1 aliphatic carbocycles. The fraction of sp³-hybridized carbons (Fsp3) is 0.529. The van der Waals surface area contributed by atoms with E-state index in [1.807, 2.05) is 6.07 Å². The summed E-state index contributed by atoms with van der Waals surface area (Å²) in [5.41, 5.74) is 0.432. The summed E-state index contributed by atoms with van der Waals surface area (Å²) >= 11 is 3.30. The van der Waals surface area contributed by atoms with Gasteiger partial charge in [0.1, 0.15) is 0 Å². The van der Waals surface area contributed by atoms with E-state index in [0.29, 0.717) is 17.4 Å². The Balaban J connectivity index is 1.81. The van der Waals surface area contributed by atoms with Crippen LogP contribution in [0.1, 0.15) is 43.5 Å². The summed E-state index contributed by atoms with van der Waals surface area (Å²) in [7, 11) is 0. The van der Waals surface area contributed by atoms with Crippen LogP contribution < -0.4 is 5.32 Å². The molecule has 0 aromatic heterocycles. The van der Waals surface area contributed by atoms with Crippen LogP contribution >= 0.6 is 15.9 Å². The van der Waals surface area contributed by atoms with Crippen molar-refractivity contribution in [2.45, 2.75) is 39.2 Å². The number of carbonyl (C=O) groups excluding carboxylic acids is 2. The number of esters is 1. The number of halogens is 1. The van der Waals surface area contributed by atoms with E-state index in [0.717, 1.165) is 17.3 Å². The van der Waals surface area contributed by atoms with Gasteiger partial charge in [0, 0.05) is 10.5 Å². The third kappa shape index (κ3) is 4.57. The highest BCUT2D eigenvalue weighted by molar-refractivity contribution is 9.10. The van der Waals surface area contributed by atoms with Gasteiger partial charge >= 0.3 is 5.97 Å². The summed E-state index contributed by atoms with van der Waals surface area (Å²) in [4.78, 5) is 23.9. The van der Waals surface area contributed by atoms with Gasteiger partial charge in [0.15, 0.2) is 6.61 Å². The highest BCUT2D eigenvalue weighted by atomic mass is 79.9. The molecule has 0 spiro atoms. The van der Waals surface area contributed by atoms with Crippen molar-refractivity contribution in [3.63, 3.8) is 0 Å². The number of carbonyl (C=O) groups is 2. The third-order valence-electron chi connectivity index (χ3n) is 4.45. The molecule has 4 nitrogen and oxygen atoms in total. The molecule has 0 aliphatic heterocycles. The average molecular weight is 368 g/mol. The lowest BCUT2D eigenvalue weighted by molar-refractivity contribution is -0.125. The average Bonchev–Trinajstić information content (AvgIpc) is 2.49. The fourth-order valence-corrected chi connectivity index (χ4v) is 3.26. The second kappa shape index (κ2) is 7.77. The van der Waals surface area contributed by atoms with E-state index in [4.69, 9.17) is 4.74 Å². The van der Waals surface area contributed by atoms with Crippen molar-refractivity contribution in [3.05, 3.63) is 34.3 Å². The van der Waals surface area contributed by atoms with E-state index in [1.54, 1.807) is 18.2 Å². The second-order valence-corrected chi connectivity index (χ2v) is 6.94. The molecule has 0 saturated heterocycles. The molecule has 1 saturated carbocycles. The van der Waals surface area contributed by atoms with Crippen molar-refractivity contribution in [1.82, 2.24) is 5.32 Å². The van der Waals surface area contributed by atoms with Crippen LogP contribution in [-0.4, -0.2) is 24.5 Å². The molecule has 0 bridgehead atoms. The lowest BCUT2D eigenvalue weighted by atomic mass is 9.78. The van der Waals surface area contributed by atoms with E-state index >= 15 is 0 Å². The van der Waals surface area contributed by atoms with E-state index in [9.17, 15) is 9.59 Å². The summed E-state index contributed by atoms with van der Waals surface area (Å²) in [6, 6.07) is 7.10. The Bertz CT molecular complexity index is 546. The molecule has 2 rings (SSSR count). The molecule has 1 N–H and O–H groups in total. The SMILES string of the molecule is C[C@@H]1[C@H](C)CCC[C@H]1NC(=O)COC(=O)c1cccc(Br)c1. The number of ether oxygens (including phenoxy) is 1. The van der Waals surface area contributed by atoms with Crippen LogP contribution in [0.15, 0.2) is 28.7 Å². The first-order valence-electron chi connectivity index (χ1n) is 7.69. The summed E-state index contributed by atoms with van der Waals surface area (Å²) < 4.78 is 5.88. The van der Waals surface area contributed by atoms with Gasteiger partial charge in [-0.05, 0) is 36.5 Å². The summed E-state index contributed by atoms with van der Waals surface area (Å²) in [6.07, 6.45) is 3.34. The first-order chi connectivity index (χ1) is 10.5. The van der Waals surface area contributed by atoms with E-state index in [1.165, 1.54) is 6.42 Å². The van der Waals surface area contributed by atoms with Crippen molar-refractivity contribution >= 4 is 27.8 Å². The third-order valence-corrected chi connectivity index (χ3v) is 4.94. The molecule has 0 unspecified atom stereocenters. The molecular weight excluding hydrogens is 346 g/mol. The maximum atomic E-state index is 12.0. The maximum absolute atomic E-state index is 12.0. The van der Waals surface area contributed by atoms with Gasteiger partial charge in [-0.15, -0.1) is 0 Å². The van der Waals surface area contributed by atoms with Crippen molar-refractivity contribution in [1.29, 1.82) is 0 Å². The Labute approximate surface area is 139 Å². The largest absolute Gasteiger partial charge is 0.452 e. The van der Waals surface area contributed by atoms with Crippen LogP contribution in [0.3, 0.4) is 0 Å². The minimum Gasteiger partial charge on any atom is -0.452 e. The zero-order valence-corrected chi connectivity index (χ0v) is 14.6. The Hall–Kier alpha value is -1.36. The molecule has 1 aromatic rings. The smallest absolute Gasteiger partial charge is 0.338 e. The van der Waals surface area contributed by atoms with Crippen LogP contribution in [0, 0.1) is 11.8 Å². The van der Waals surface area contributed by atoms with Crippen molar-refractivity contribution in [2.24, 2.45) is 11.8 Å². The van der Waals surface area contributed by atoms with Gasteiger partial charge in [0.05, 0.1) is 5.56 Å². The molecule has 5 heteroatoms. The molecule has 1 fully saturated rings. The molecule has 3 atom stereocenters. The first kappa shape index (κ1) is 17.0. The number of benzene rings is 1. The van der Waals surface area contributed by atoms with Crippen molar-refractivity contribution in [2.75, 3.05) is 6.61 Å². The lowest BCUT2D eigenvalue weighted by Gasteiger charge is -2.34. The lowest BCUT2D eigenvalue weighted by Crippen LogP contribution is -2.45. The zero-order valence-electron chi connectivity index (χ0n) is 13.0. The van der Waals surface area contributed by atoms with E-state index in [-0.39, 0.29) is 18.6 Å².